The summed E-state index contributed by atoms with van der Waals surface area (Å²) in [7, 11) is 0. The molecule has 0 bridgehead atoms. The van der Waals surface area contributed by atoms with Crippen molar-refractivity contribution in [3.05, 3.63) is 53.5 Å². The standard InChI is InChI=1S/C16H12N2O4/c1-9-8-11(6-7-14(9)19)18-22-16(20)12-4-3-5-13-15(12)21-10(2)17-13/h3-8H,1-2H3/b18-11-. The van der Waals surface area contributed by atoms with E-state index in [1.807, 2.05) is 0 Å². The van der Waals surface area contributed by atoms with E-state index in [1.165, 1.54) is 12.2 Å². The van der Waals surface area contributed by atoms with Gasteiger partial charge in [0, 0.05) is 6.92 Å². The highest BCUT2D eigenvalue weighted by Crippen LogP contribution is 2.20. The van der Waals surface area contributed by atoms with Crippen LogP contribution in [-0.2, 0) is 9.63 Å². The fourth-order valence-corrected chi connectivity index (χ4v) is 2.05. The zero-order valence-electron chi connectivity index (χ0n) is 12.0. The van der Waals surface area contributed by atoms with Crippen molar-refractivity contribution >= 4 is 28.6 Å². The second-order valence-electron chi connectivity index (χ2n) is 4.81. The van der Waals surface area contributed by atoms with Crippen molar-refractivity contribution in [1.29, 1.82) is 0 Å². The molecule has 3 rings (SSSR count). The molecule has 6 nitrogen and oxygen atoms in total. The summed E-state index contributed by atoms with van der Waals surface area (Å²) < 4.78 is 5.41. The Kier molecular flexibility index (Phi) is 3.42. The van der Waals surface area contributed by atoms with Gasteiger partial charge in [-0.15, -0.1) is 0 Å². The molecule has 22 heavy (non-hydrogen) atoms. The highest BCUT2D eigenvalue weighted by Gasteiger charge is 2.16. The Morgan fingerprint density at radius 1 is 1.27 bits per heavy atom. The van der Waals surface area contributed by atoms with E-state index in [4.69, 9.17) is 9.25 Å². The summed E-state index contributed by atoms with van der Waals surface area (Å²) in [6, 6.07) is 5.02. The van der Waals surface area contributed by atoms with Crippen LogP contribution < -0.4 is 0 Å². The average molecular weight is 296 g/mol. The van der Waals surface area contributed by atoms with Crippen LogP contribution in [0.4, 0.5) is 0 Å². The van der Waals surface area contributed by atoms with Gasteiger partial charge < -0.3 is 9.25 Å². The maximum absolute atomic E-state index is 12.1. The molecule has 1 heterocycles. The number of hydrogen-bond donors (Lipinski definition) is 0. The predicted molar refractivity (Wildman–Crippen MR) is 79.5 cm³/mol. The quantitative estimate of drug-likeness (QED) is 0.483. The summed E-state index contributed by atoms with van der Waals surface area (Å²) >= 11 is 0. The lowest BCUT2D eigenvalue weighted by atomic mass is 10.1. The van der Waals surface area contributed by atoms with Crippen LogP contribution in [0.3, 0.4) is 0 Å². The average Bonchev–Trinajstić information content (AvgIpc) is 2.88. The third kappa shape index (κ3) is 2.58. The summed E-state index contributed by atoms with van der Waals surface area (Å²) in [6.07, 6.45) is 4.42. The van der Waals surface area contributed by atoms with Gasteiger partial charge in [0.05, 0.1) is 0 Å². The van der Waals surface area contributed by atoms with E-state index >= 15 is 0 Å². The van der Waals surface area contributed by atoms with E-state index in [2.05, 4.69) is 10.1 Å². The fraction of sp³-hybridized carbons (Fsp3) is 0.125. The molecule has 0 N–H and O–H groups in total. The Hall–Kier alpha value is -3.02. The van der Waals surface area contributed by atoms with Crippen LogP contribution >= 0.6 is 0 Å². The Labute approximate surface area is 125 Å². The lowest BCUT2D eigenvalue weighted by Crippen LogP contribution is -2.07. The number of carbonyl (C=O) groups is 2. The number of aryl methyl sites for hydroxylation is 1. The van der Waals surface area contributed by atoms with E-state index in [0.29, 0.717) is 28.3 Å². The molecule has 6 heteroatoms. The number of nitrogens with zero attached hydrogens (tertiary/aromatic N) is 2. The fourth-order valence-electron chi connectivity index (χ4n) is 2.05. The van der Waals surface area contributed by atoms with Crippen molar-refractivity contribution in [3.8, 4) is 0 Å². The summed E-state index contributed by atoms with van der Waals surface area (Å²) in [6.45, 7) is 3.37. The summed E-state index contributed by atoms with van der Waals surface area (Å²) in [5, 5.41) is 3.75. The molecule has 0 spiro atoms. The molecule has 1 aromatic carbocycles. The molecule has 2 aromatic rings. The van der Waals surface area contributed by atoms with Crippen molar-refractivity contribution in [2.45, 2.75) is 13.8 Å². The molecule has 0 saturated heterocycles. The van der Waals surface area contributed by atoms with Crippen LogP contribution in [0.15, 0.2) is 51.6 Å². The Bertz CT molecular complexity index is 871. The molecule has 0 unspecified atom stereocenters. The third-order valence-corrected chi connectivity index (χ3v) is 3.13. The normalized spacial score (nSPS) is 16.2. The maximum atomic E-state index is 12.1. The number of benzene rings is 1. The van der Waals surface area contributed by atoms with Gasteiger partial charge in [-0.25, -0.2) is 9.78 Å². The predicted octanol–water partition coefficient (Wildman–Crippen LogP) is 2.73. The van der Waals surface area contributed by atoms with Gasteiger partial charge in [0.25, 0.3) is 0 Å². The van der Waals surface area contributed by atoms with Gasteiger partial charge in [0.2, 0.25) is 0 Å². The molecule has 1 aliphatic rings. The van der Waals surface area contributed by atoms with E-state index in [1.54, 1.807) is 38.1 Å². The number of oxime groups is 1. The molecule has 0 radical (unpaired) electrons. The topological polar surface area (TPSA) is 81.8 Å². The molecule has 0 saturated carbocycles. The summed E-state index contributed by atoms with van der Waals surface area (Å²) in [5.41, 5.74) is 2.13. The molecule has 0 atom stereocenters. The number of aromatic nitrogens is 1. The van der Waals surface area contributed by atoms with Gasteiger partial charge in [-0.1, -0.05) is 11.2 Å². The molecule has 0 aliphatic heterocycles. The van der Waals surface area contributed by atoms with E-state index in [0.717, 1.165) is 0 Å². The number of para-hydroxylation sites is 1. The molecular formula is C16H12N2O4. The van der Waals surface area contributed by atoms with Crippen molar-refractivity contribution in [3.63, 3.8) is 0 Å². The minimum absolute atomic E-state index is 0.0906. The number of allylic oxidation sites excluding steroid dienone is 4. The number of rotatable bonds is 2. The largest absolute Gasteiger partial charge is 0.440 e. The zero-order chi connectivity index (χ0) is 15.7. The highest BCUT2D eigenvalue weighted by atomic mass is 16.7. The Balaban J connectivity index is 1.85. The summed E-state index contributed by atoms with van der Waals surface area (Å²) in [5.74, 6) is -0.272. The molecule has 1 aliphatic carbocycles. The monoisotopic (exact) mass is 296 g/mol. The first-order chi connectivity index (χ1) is 10.5. The summed E-state index contributed by atoms with van der Waals surface area (Å²) in [4.78, 5) is 32.5. The molecule has 1 aromatic heterocycles. The number of oxazole rings is 1. The zero-order valence-corrected chi connectivity index (χ0v) is 12.0. The first kappa shape index (κ1) is 13.9. The van der Waals surface area contributed by atoms with Gasteiger partial charge >= 0.3 is 5.97 Å². The number of hydrogen-bond acceptors (Lipinski definition) is 6. The molecular weight excluding hydrogens is 284 g/mol. The van der Waals surface area contributed by atoms with Crippen LogP contribution in [0.2, 0.25) is 0 Å². The van der Waals surface area contributed by atoms with Gasteiger partial charge in [0.1, 0.15) is 16.8 Å². The number of fused-ring (bicyclic) bond motifs is 1. The van der Waals surface area contributed by atoms with Crippen LogP contribution in [0.25, 0.3) is 11.1 Å². The van der Waals surface area contributed by atoms with Gasteiger partial charge in [-0.05, 0) is 42.9 Å². The van der Waals surface area contributed by atoms with Gasteiger partial charge in [-0.2, -0.15) is 0 Å². The van der Waals surface area contributed by atoms with E-state index in [9.17, 15) is 9.59 Å². The minimum Gasteiger partial charge on any atom is -0.440 e. The smallest absolute Gasteiger partial charge is 0.369 e. The third-order valence-electron chi connectivity index (χ3n) is 3.13. The van der Waals surface area contributed by atoms with Crippen LogP contribution in [-0.4, -0.2) is 22.4 Å². The first-order valence-corrected chi connectivity index (χ1v) is 6.61. The van der Waals surface area contributed by atoms with E-state index in [-0.39, 0.29) is 11.3 Å². The van der Waals surface area contributed by atoms with Crippen molar-refractivity contribution < 1.29 is 18.8 Å². The molecule has 0 fully saturated rings. The van der Waals surface area contributed by atoms with Crippen molar-refractivity contribution in [2.75, 3.05) is 0 Å². The SMILES string of the molecule is CC1=C/C(=N\OC(=O)c2cccc3nc(C)oc23)C=CC1=O. The van der Waals surface area contributed by atoms with E-state index < -0.39 is 5.97 Å². The maximum Gasteiger partial charge on any atom is 0.369 e. The number of carbonyl (C=O) groups excluding carboxylic acids is 2. The lowest BCUT2D eigenvalue weighted by Gasteiger charge is -2.03. The number of ketones is 1. The highest BCUT2D eigenvalue weighted by molar-refractivity contribution is 6.19. The van der Waals surface area contributed by atoms with Gasteiger partial charge in [-0.3, -0.25) is 4.79 Å². The van der Waals surface area contributed by atoms with Gasteiger partial charge in [0.15, 0.2) is 17.3 Å². The molecule has 0 amide bonds. The van der Waals surface area contributed by atoms with Crippen molar-refractivity contribution in [2.24, 2.45) is 5.16 Å². The minimum atomic E-state index is -0.648. The second-order valence-corrected chi connectivity index (χ2v) is 4.81. The van der Waals surface area contributed by atoms with Crippen molar-refractivity contribution in [1.82, 2.24) is 4.98 Å². The Morgan fingerprint density at radius 2 is 2.09 bits per heavy atom. The second kappa shape index (κ2) is 5.40. The molecule has 110 valence electrons. The first-order valence-electron chi connectivity index (χ1n) is 6.61. The lowest BCUT2D eigenvalue weighted by molar-refractivity contribution is -0.111. The van der Waals surface area contributed by atoms with Crippen LogP contribution in [0.5, 0.6) is 0 Å². The van der Waals surface area contributed by atoms with Crippen LogP contribution in [0.1, 0.15) is 23.2 Å². The van der Waals surface area contributed by atoms with Crippen LogP contribution in [0, 0.1) is 6.92 Å². The Morgan fingerprint density at radius 3 is 2.86 bits per heavy atom.